The second-order valence-electron chi connectivity index (χ2n) is 4.83. The van der Waals surface area contributed by atoms with Crippen LogP contribution in [0.5, 0.6) is 0 Å². The van der Waals surface area contributed by atoms with Gasteiger partial charge < -0.3 is 5.32 Å². The second-order valence-corrected chi connectivity index (χ2v) is 6.68. The van der Waals surface area contributed by atoms with Crippen LogP contribution in [0.1, 0.15) is 41.5 Å². The smallest absolute Gasteiger partial charge is 0.0181 e. The maximum absolute atomic E-state index is 3.53. The molecule has 80 valence electrons. The Labute approximate surface area is 88.1 Å². The van der Waals surface area contributed by atoms with E-state index >= 15 is 0 Å². The fourth-order valence-electron chi connectivity index (χ4n) is 1.09. The highest BCUT2D eigenvalue weighted by Gasteiger charge is 2.17. The molecule has 0 bridgehead atoms. The molecule has 0 saturated carbocycles. The van der Waals surface area contributed by atoms with Gasteiger partial charge in [0.1, 0.15) is 0 Å². The number of thioether (sulfide) groups is 1. The lowest BCUT2D eigenvalue weighted by molar-refractivity contribution is 0.442. The highest BCUT2D eigenvalue weighted by atomic mass is 32.2. The molecule has 1 nitrogen and oxygen atoms in total. The minimum Gasteiger partial charge on any atom is -0.313 e. The first kappa shape index (κ1) is 13.3. The van der Waals surface area contributed by atoms with Gasteiger partial charge in [-0.25, -0.2) is 0 Å². The van der Waals surface area contributed by atoms with Gasteiger partial charge >= 0.3 is 0 Å². The predicted octanol–water partition coefficient (Wildman–Crippen LogP) is 3.15. The molecule has 0 aromatic rings. The van der Waals surface area contributed by atoms with Crippen molar-refractivity contribution < 1.29 is 0 Å². The summed E-state index contributed by atoms with van der Waals surface area (Å²) in [6.45, 7) is 14.7. The summed E-state index contributed by atoms with van der Waals surface area (Å²) in [4.78, 5) is 0. The third kappa shape index (κ3) is 7.39. The van der Waals surface area contributed by atoms with Crippen LogP contribution in [0, 0.1) is 5.92 Å². The monoisotopic (exact) mass is 203 g/mol. The molecule has 0 heterocycles. The van der Waals surface area contributed by atoms with Gasteiger partial charge in [0.2, 0.25) is 0 Å². The molecule has 0 saturated heterocycles. The average Bonchev–Trinajstić information content (AvgIpc) is 1.95. The molecule has 0 aromatic heterocycles. The van der Waals surface area contributed by atoms with E-state index < -0.39 is 0 Å². The maximum atomic E-state index is 3.53. The molecular formula is C11H25NS. The van der Waals surface area contributed by atoms with E-state index in [1.165, 1.54) is 5.75 Å². The quantitative estimate of drug-likeness (QED) is 0.736. The summed E-state index contributed by atoms with van der Waals surface area (Å²) in [6, 6.07) is 0.661. The van der Waals surface area contributed by atoms with Crippen LogP contribution >= 0.6 is 11.8 Å². The molecule has 1 unspecified atom stereocenters. The van der Waals surface area contributed by atoms with Gasteiger partial charge in [0.15, 0.2) is 0 Å². The van der Waals surface area contributed by atoms with Gasteiger partial charge in [-0.15, -0.1) is 0 Å². The molecule has 0 aromatic carbocycles. The fraction of sp³-hybridized carbons (Fsp3) is 1.00. The van der Waals surface area contributed by atoms with Gasteiger partial charge in [0, 0.05) is 16.5 Å². The molecule has 13 heavy (non-hydrogen) atoms. The highest BCUT2D eigenvalue weighted by molar-refractivity contribution is 8.00. The van der Waals surface area contributed by atoms with E-state index in [2.05, 4.69) is 46.9 Å². The largest absolute Gasteiger partial charge is 0.313 e. The van der Waals surface area contributed by atoms with Crippen LogP contribution in [0.15, 0.2) is 0 Å². The molecule has 0 aliphatic carbocycles. The van der Waals surface area contributed by atoms with Gasteiger partial charge in [-0.3, -0.25) is 0 Å². The summed E-state index contributed by atoms with van der Waals surface area (Å²) in [5.41, 5.74) is 0. The standard InChI is InChI=1S/C11H25NS/c1-7-12-10(9(2)3)8-13-11(4,5)6/h9-10,12H,7-8H2,1-6H3. The Balaban J connectivity index is 3.82. The molecule has 1 N–H and O–H groups in total. The van der Waals surface area contributed by atoms with Crippen LogP contribution in [0.2, 0.25) is 0 Å². The van der Waals surface area contributed by atoms with Gasteiger partial charge in [-0.2, -0.15) is 11.8 Å². The molecular weight excluding hydrogens is 178 g/mol. The van der Waals surface area contributed by atoms with Crippen LogP contribution < -0.4 is 5.32 Å². The van der Waals surface area contributed by atoms with Crippen molar-refractivity contribution in [3.05, 3.63) is 0 Å². The number of nitrogens with one attached hydrogen (secondary N) is 1. The molecule has 0 rings (SSSR count). The zero-order valence-corrected chi connectivity index (χ0v) is 10.8. The van der Waals surface area contributed by atoms with Crippen molar-refractivity contribution in [1.29, 1.82) is 0 Å². The van der Waals surface area contributed by atoms with E-state index in [-0.39, 0.29) is 0 Å². The number of hydrogen-bond donors (Lipinski definition) is 1. The topological polar surface area (TPSA) is 12.0 Å². The van der Waals surface area contributed by atoms with E-state index in [0.717, 1.165) is 12.5 Å². The summed E-state index contributed by atoms with van der Waals surface area (Å²) >= 11 is 2.05. The van der Waals surface area contributed by atoms with Crippen LogP contribution in [-0.2, 0) is 0 Å². The van der Waals surface area contributed by atoms with E-state index in [4.69, 9.17) is 0 Å². The molecule has 0 amide bonds. The molecule has 0 aliphatic heterocycles. The van der Waals surface area contributed by atoms with E-state index in [1.807, 2.05) is 11.8 Å². The van der Waals surface area contributed by atoms with E-state index in [1.54, 1.807) is 0 Å². The summed E-state index contributed by atoms with van der Waals surface area (Å²) in [5, 5.41) is 3.53. The minimum atomic E-state index is 0.391. The first-order chi connectivity index (χ1) is 5.87. The molecule has 1 atom stereocenters. The Kier molecular flexibility index (Phi) is 6.06. The first-order valence-corrected chi connectivity index (χ1v) is 6.22. The zero-order valence-electron chi connectivity index (χ0n) is 9.98. The minimum absolute atomic E-state index is 0.391. The Bertz CT molecular complexity index is 127. The van der Waals surface area contributed by atoms with E-state index in [9.17, 15) is 0 Å². The summed E-state index contributed by atoms with van der Waals surface area (Å²) in [7, 11) is 0. The molecule has 0 radical (unpaired) electrons. The van der Waals surface area contributed by atoms with Crippen molar-refractivity contribution in [2.24, 2.45) is 5.92 Å². The molecule has 0 aliphatic rings. The number of rotatable bonds is 5. The van der Waals surface area contributed by atoms with Crippen molar-refractivity contribution in [2.75, 3.05) is 12.3 Å². The van der Waals surface area contributed by atoms with Crippen LogP contribution in [0.3, 0.4) is 0 Å². The van der Waals surface area contributed by atoms with Gasteiger partial charge in [-0.05, 0) is 12.5 Å². The Morgan fingerprint density at radius 1 is 1.23 bits per heavy atom. The lowest BCUT2D eigenvalue weighted by Crippen LogP contribution is -2.36. The third-order valence-corrected chi connectivity index (χ3v) is 3.36. The van der Waals surface area contributed by atoms with E-state index in [0.29, 0.717) is 10.8 Å². The van der Waals surface area contributed by atoms with Gasteiger partial charge in [-0.1, -0.05) is 41.5 Å². The fourth-order valence-corrected chi connectivity index (χ4v) is 2.27. The van der Waals surface area contributed by atoms with Crippen LogP contribution in [0.25, 0.3) is 0 Å². The lowest BCUT2D eigenvalue weighted by Gasteiger charge is -2.26. The highest BCUT2D eigenvalue weighted by Crippen LogP contribution is 2.25. The third-order valence-electron chi connectivity index (χ3n) is 1.97. The van der Waals surface area contributed by atoms with Crippen LogP contribution in [0.4, 0.5) is 0 Å². The predicted molar refractivity (Wildman–Crippen MR) is 64.5 cm³/mol. The van der Waals surface area contributed by atoms with Crippen molar-refractivity contribution in [2.45, 2.75) is 52.3 Å². The number of hydrogen-bond acceptors (Lipinski definition) is 2. The van der Waals surface area contributed by atoms with Crippen molar-refractivity contribution in [3.63, 3.8) is 0 Å². The summed E-state index contributed by atoms with van der Waals surface area (Å²) in [6.07, 6.45) is 0. The van der Waals surface area contributed by atoms with Crippen molar-refractivity contribution in [1.82, 2.24) is 5.32 Å². The maximum Gasteiger partial charge on any atom is 0.0181 e. The van der Waals surface area contributed by atoms with Crippen molar-refractivity contribution in [3.8, 4) is 0 Å². The Morgan fingerprint density at radius 2 is 1.77 bits per heavy atom. The molecule has 0 spiro atoms. The summed E-state index contributed by atoms with van der Waals surface area (Å²) < 4.78 is 0.391. The van der Waals surface area contributed by atoms with Crippen LogP contribution in [-0.4, -0.2) is 23.1 Å². The first-order valence-electron chi connectivity index (χ1n) is 5.24. The Hall–Kier alpha value is 0.310. The lowest BCUT2D eigenvalue weighted by atomic mass is 10.1. The molecule has 0 fully saturated rings. The molecule has 2 heteroatoms. The normalized spacial score (nSPS) is 15.0. The summed E-state index contributed by atoms with van der Waals surface area (Å²) in [5.74, 6) is 1.95. The van der Waals surface area contributed by atoms with Gasteiger partial charge in [0.25, 0.3) is 0 Å². The van der Waals surface area contributed by atoms with Gasteiger partial charge in [0.05, 0.1) is 0 Å². The SMILES string of the molecule is CCNC(CSC(C)(C)C)C(C)C. The average molecular weight is 203 g/mol. The van der Waals surface area contributed by atoms with Crippen molar-refractivity contribution >= 4 is 11.8 Å². The Morgan fingerprint density at radius 3 is 2.08 bits per heavy atom. The second kappa shape index (κ2) is 5.92. The zero-order chi connectivity index (χ0) is 10.5.